The van der Waals surface area contributed by atoms with E-state index in [0.717, 1.165) is 19.9 Å². The summed E-state index contributed by atoms with van der Waals surface area (Å²) in [4.78, 5) is 11.3. The van der Waals surface area contributed by atoms with Gasteiger partial charge >= 0.3 is 12.1 Å². The summed E-state index contributed by atoms with van der Waals surface area (Å²) in [6.45, 7) is 1.94. The first-order valence-corrected chi connectivity index (χ1v) is 6.66. The summed E-state index contributed by atoms with van der Waals surface area (Å²) in [5.74, 6) is -8.51. The molecule has 0 aliphatic carbocycles. The van der Waals surface area contributed by atoms with Gasteiger partial charge in [-0.1, -0.05) is 13.0 Å². The maximum atomic E-state index is 13.5. The average Bonchev–Trinajstić information content (AvgIpc) is 2.71. The molecule has 1 fully saturated rings. The average molecular weight is 339 g/mol. The molecule has 0 amide bonds. The first-order chi connectivity index (χ1) is 10.4. The standard InChI is InChI=1S/C14H14F5NO3/c1-5-8(6-3-4-7(15)9(16)11(6)21)10(12(22)23)20-13(5,2)14(17,18)19/h3-5,8,10,20-21H,1-2H3,(H,22,23)/t5-,8-,10+,13+/m0/s1. The Morgan fingerprint density at radius 2 is 1.87 bits per heavy atom. The summed E-state index contributed by atoms with van der Waals surface area (Å²) in [6.07, 6.45) is -4.77. The second-order valence-corrected chi connectivity index (χ2v) is 5.77. The fourth-order valence-electron chi connectivity index (χ4n) is 3.02. The molecule has 1 aliphatic heterocycles. The van der Waals surface area contributed by atoms with Crippen molar-refractivity contribution >= 4 is 5.97 Å². The molecule has 1 aliphatic rings. The highest BCUT2D eigenvalue weighted by atomic mass is 19.4. The molecule has 1 aromatic rings. The van der Waals surface area contributed by atoms with Crippen molar-refractivity contribution < 1.29 is 37.0 Å². The van der Waals surface area contributed by atoms with E-state index in [9.17, 15) is 37.0 Å². The third-order valence-corrected chi connectivity index (χ3v) is 4.58. The van der Waals surface area contributed by atoms with Crippen LogP contribution < -0.4 is 5.32 Å². The van der Waals surface area contributed by atoms with Crippen LogP contribution in [0.5, 0.6) is 5.75 Å². The van der Waals surface area contributed by atoms with Gasteiger partial charge in [0.25, 0.3) is 0 Å². The highest BCUT2D eigenvalue weighted by Crippen LogP contribution is 2.51. The monoisotopic (exact) mass is 339 g/mol. The van der Waals surface area contributed by atoms with E-state index >= 15 is 0 Å². The first-order valence-electron chi connectivity index (χ1n) is 6.66. The van der Waals surface area contributed by atoms with Crippen LogP contribution in [0.4, 0.5) is 22.0 Å². The molecule has 4 atom stereocenters. The summed E-state index contributed by atoms with van der Waals surface area (Å²) >= 11 is 0. The number of hydrogen-bond donors (Lipinski definition) is 3. The van der Waals surface area contributed by atoms with Gasteiger partial charge in [-0.2, -0.15) is 17.6 Å². The number of phenolic OH excluding ortho intramolecular Hbond substituents is 1. The fourth-order valence-corrected chi connectivity index (χ4v) is 3.02. The maximum absolute atomic E-state index is 13.5. The van der Waals surface area contributed by atoms with Crippen molar-refractivity contribution in [2.45, 2.75) is 37.5 Å². The number of aliphatic carboxylic acids is 1. The number of hydrogen-bond acceptors (Lipinski definition) is 3. The first kappa shape index (κ1) is 17.5. The molecule has 3 N–H and O–H groups in total. The molecular formula is C14H14F5NO3. The number of alkyl halides is 3. The lowest BCUT2D eigenvalue weighted by molar-refractivity contribution is -0.198. The summed E-state index contributed by atoms with van der Waals surface area (Å²) in [7, 11) is 0. The Bertz CT molecular complexity index is 648. The van der Waals surface area contributed by atoms with Gasteiger partial charge in [-0.05, 0) is 18.9 Å². The maximum Gasteiger partial charge on any atom is 0.406 e. The molecule has 2 rings (SSSR count). The van der Waals surface area contributed by atoms with Crippen LogP contribution in [-0.4, -0.2) is 33.9 Å². The van der Waals surface area contributed by atoms with E-state index in [-0.39, 0.29) is 5.56 Å². The Morgan fingerprint density at radius 1 is 1.30 bits per heavy atom. The van der Waals surface area contributed by atoms with Gasteiger partial charge in [0.2, 0.25) is 5.82 Å². The van der Waals surface area contributed by atoms with Crippen molar-refractivity contribution in [1.82, 2.24) is 5.32 Å². The number of aromatic hydroxyl groups is 1. The number of nitrogens with one attached hydrogen (secondary N) is 1. The van der Waals surface area contributed by atoms with E-state index < -0.39 is 52.9 Å². The van der Waals surface area contributed by atoms with Crippen molar-refractivity contribution in [3.63, 3.8) is 0 Å². The van der Waals surface area contributed by atoms with Crippen molar-refractivity contribution in [2.24, 2.45) is 5.92 Å². The Balaban J connectivity index is 2.60. The Labute approximate surface area is 127 Å². The highest BCUT2D eigenvalue weighted by molar-refractivity contribution is 5.76. The van der Waals surface area contributed by atoms with Gasteiger partial charge in [0.15, 0.2) is 11.6 Å². The molecule has 1 aromatic carbocycles. The highest BCUT2D eigenvalue weighted by Gasteiger charge is 2.64. The quantitative estimate of drug-likeness (QED) is 0.725. The fraction of sp³-hybridized carbons (Fsp3) is 0.500. The van der Waals surface area contributed by atoms with Gasteiger partial charge in [0.05, 0.1) is 0 Å². The zero-order valence-electron chi connectivity index (χ0n) is 12.1. The molecule has 0 bridgehead atoms. The van der Waals surface area contributed by atoms with Crippen LogP contribution in [0.3, 0.4) is 0 Å². The lowest BCUT2D eigenvalue weighted by Gasteiger charge is -2.33. The van der Waals surface area contributed by atoms with Crippen LogP contribution in [-0.2, 0) is 4.79 Å². The summed E-state index contributed by atoms with van der Waals surface area (Å²) < 4.78 is 66.5. The Kier molecular flexibility index (Phi) is 4.04. The van der Waals surface area contributed by atoms with Crippen LogP contribution in [0, 0.1) is 17.6 Å². The molecule has 23 heavy (non-hydrogen) atoms. The van der Waals surface area contributed by atoms with E-state index in [0.29, 0.717) is 6.07 Å². The normalized spacial score (nSPS) is 31.3. The third kappa shape index (κ3) is 2.52. The molecule has 1 saturated heterocycles. The molecule has 0 aromatic heterocycles. The zero-order chi connectivity index (χ0) is 17.7. The molecular weight excluding hydrogens is 325 g/mol. The zero-order valence-corrected chi connectivity index (χ0v) is 12.1. The van der Waals surface area contributed by atoms with Crippen LogP contribution in [0.15, 0.2) is 12.1 Å². The van der Waals surface area contributed by atoms with Gasteiger partial charge in [-0.15, -0.1) is 0 Å². The third-order valence-electron chi connectivity index (χ3n) is 4.58. The van der Waals surface area contributed by atoms with Crippen molar-refractivity contribution in [3.8, 4) is 5.75 Å². The van der Waals surface area contributed by atoms with Gasteiger partial charge < -0.3 is 10.2 Å². The number of benzene rings is 1. The minimum Gasteiger partial charge on any atom is -0.505 e. The number of phenols is 1. The van der Waals surface area contributed by atoms with Crippen LogP contribution in [0.25, 0.3) is 0 Å². The van der Waals surface area contributed by atoms with Crippen molar-refractivity contribution in [2.75, 3.05) is 0 Å². The molecule has 9 heteroatoms. The lowest BCUT2D eigenvalue weighted by Crippen LogP contribution is -2.56. The summed E-state index contributed by atoms with van der Waals surface area (Å²) in [5.41, 5.74) is -2.94. The number of carbonyl (C=O) groups is 1. The lowest BCUT2D eigenvalue weighted by atomic mass is 9.77. The summed E-state index contributed by atoms with van der Waals surface area (Å²) in [6, 6.07) is -0.180. The molecule has 1 heterocycles. The summed E-state index contributed by atoms with van der Waals surface area (Å²) in [5, 5.41) is 20.9. The van der Waals surface area contributed by atoms with Crippen LogP contribution in [0.1, 0.15) is 25.3 Å². The Hall–Kier alpha value is -1.90. The van der Waals surface area contributed by atoms with E-state index in [4.69, 9.17) is 0 Å². The second-order valence-electron chi connectivity index (χ2n) is 5.77. The SMILES string of the molecule is C[C@H]1[C@@H](c2ccc(F)c(F)c2O)[C@H](C(=O)O)N[C@@]1(C)C(F)(F)F. The smallest absolute Gasteiger partial charge is 0.406 e. The topological polar surface area (TPSA) is 69.6 Å². The van der Waals surface area contributed by atoms with Crippen LogP contribution in [0.2, 0.25) is 0 Å². The van der Waals surface area contributed by atoms with E-state index in [2.05, 4.69) is 0 Å². The molecule has 0 spiro atoms. The second kappa shape index (κ2) is 5.33. The van der Waals surface area contributed by atoms with Gasteiger partial charge in [-0.25, -0.2) is 4.39 Å². The predicted molar refractivity (Wildman–Crippen MR) is 68.9 cm³/mol. The molecule has 4 nitrogen and oxygen atoms in total. The molecule has 0 saturated carbocycles. The number of carboxylic acid groups (broad SMARTS) is 1. The van der Waals surface area contributed by atoms with E-state index in [1.807, 2.05) is 5.32 Å². The molecule has 128 valence electrons. The van der Waals surface area contributed by atoms with Crippen LogP contribution >= 0.6 is 0 Å². The van der Waals surface area contributed by atoms with E-state index in [1.54, 1.807) is 0 Å². The van der Waals surface area contributed by atoms with Gasteiger partial charge in [-0.3, -0.25) is 10.1 Å². The number of rotatable bonds is 2. The minimum absolute atomic E-state index is 0.385. The Morgan fingerprint density at radius 3 is 2.35 bits per heavy atom. The minimum atomic E-state index is -4.77. The van der Waals surface area contributed by atoms with Crippen molar-refractivity contribution in [3.05, 3.63) is 29.3 Å². The largest absolute Gasteiger partial charge is 0.505 e. The predicted octanol–water partition coefficient (Wildman–Crippen LogP) is 2.77. The van der Waals surface area contributed by atoms with Gasteiger partial charge in [0.1, 0.15) is 11.6 Å². The van der Waals surface area contributed by atoms with Gasteiger partial charge in [0, 0.05) is 11.5 Å². The number of halogens is 5. The molecule has 0 unspecified atom stereocenters. The van der Waals surface area contributed by atoms with E-state index in [1.165, 1.54) is 0 Å². The number of carboxylic acids is 1. The molecule has 0 radical (unpaired) electrons. The van der Waals surface area contributed by atoms with Crippen molar-refractivity contribution in [1.29, 1.82) is 0 Å².